The van der Waals surface area contributed by atoms with Crippen LogP contribution in [0, 0.1) is 0 Å². The average molecular weight is 338 g/mol. The Kier molecular flexibility index (Phi) is 8.77. The average Bonchev–Trinajstić information content (AvgIpc) is 2.53. The zero-order chi connectivity index (χ0) is 17.9. The molecule has 8 nitrogen and oxygen atoms in total. The highest BCUT2D eigenvalue weighted by molar-refractivity contribution is 5.77. The van der Waals surface area contributed by atoms with Crippen molar-refractivity contribution in [2.75, 3.05) is 27.2 Å². The van der Waals surface area contributed by atoms with E-state index in [1.165, 1.54) is 5.01 Å². The van der Waals surface area contributed by atoms with Crippen LogP contribution in [0.25, 0.3) is 0 Å². The second kappa shape index (κ2) is 10.6. The standard InChI is InChI=1S/C16H26N4O4/c1-20(19-15(21)9-13(18)7-8-17)10-16(22)24-11-12-3-5-14(23-2)6-4-12/h3-6,13H,7-11,17-18H2,1-2H3,(H,19,21)/t13-/m0/s1. The molecule has 0 radical (unpaired) electrons. The number of hydrogen-bond donors (Lipinski definition) is 3. The highest BCUT2D eigenvalue weighted by atomic mass is 16.5. The number of nitrogens with one attached hydrogen (secondary N) is 1. The van der Waals surface area contributed by atoms with Gasteiger partial charge in [-0.2, -0.15) is 0 Å². The van der Waals surface area contributed by atoms with Crippen LogP contribution in [0.3, 0.4) is 0 Å². The van der Waals surface area contributed by atoms with Crippen LogP contribution in [0.1, 0.15) is 18.4 Å². The SMILES string of the molecule is COc1ccc(COC(=O)CN(C)NC(=O)C[C@@H](N)CCN)cc1. The second-order valence-corrected chi connectivity index (χ2v) is 5.44. The van der Waals surface area contributed by atoms with E-state index < -0.39 is 5.97 Å². The number of hydrogen-bond acceptors (Lipinski definition) is 7. The number of carbonyl (C=O) groups is 2. The molecule has 1 rings (SSSR count). The molecule has 0 aromatic heterocycles. The summed E-state index contributed by atoms with van der Waals surface area (Å²) in [4.78, 5) is 23.5. The van der Waals surface area contributed by atoms with Crippen molar-refractivity contribution in [3.8, 4) is 5.75 Å². The number of amides is 1. The van der Waals surface area contributed by atoms with Gasteiger partial charge in [0, 0.05) is 19.5 Å². The number of benzene rings is 1. The van der Waals surface area contributed by atoms with Gasteiger partial charge in [0.25, 0.3) is 0 Å². The van der Waals surface area contributed by atoms with Gasteiger partial charge in [-0.3, -0.25) is 15.0 Å². The third-order valence-corrected chi connectivity index (χ3v) is 3.23. The number of hydrazine groups is 1. The minimum absolute atomic E-state index is 0.0615. The summed E-state index contributed by atoms with van der Waals surface area (Å²) >= 11 is 0. The molecule has 1 atom stereocenters. The lowest BCUT2D eigenvalue weighted by Crippen LogP contribution is -2.44. The van der Waals surface area contributed by atoms with Crippen LogP contribution in [0.4, 0.5) is 0 Å². The maximum Gasteiger partial charge on any atom is 0.322 e. The van der Waals surface area contributed by atoms with E-state index in [1.807, 2.05) is 12.1 Å². The first-order chi connectivity index (χ1) is 11.4. The Morgan fingerprint density at radius 2 is 1.96 bits per heavy atom. The summed E-state index contributed by atoms with van der Waals surface area (Å²) in [6.45, 7) is 0.530. The van der Waals surface area contributed by atoms with Gasteiger partial charge in [-0.1, -0.05) is 12.1 Å². The molecule has 0 saturated carbocycles. The first kappa shape index (κ1) is 19.9. The summed E-state index contributed by atoms with van der Waals surface area (Å²) in [6, 6.07) is 6.93. The Balaban J connectivity index is 2.29. The highest BCUT2D eigenvalue weighted by Crippen LogP contribution is 2.11. The molecule has 0 unspecified atom stereocenters. The van der Waals surface area contributed by atoms with Crippen LogP contribution in [0.15, 0.2) is 24.3 Å². The van der Waals surface area contributed by atoms with Crippen molar-refractivity contribution in [1.29, 1.82) is 0 Å². The molecule has 5 N–H and O–H groups in total. The molecule has 0 aliphatic rings. The summed E-state index contributed by atoms with van der Waals surface area (Å²) in [7, 11) is 3.17. The molecule has 0 bridgehead atoms. The van der Waals surface area contributed by atoms with E-state index in [1.54, 1.807) is 26.3 Å². The number of ether oxygens (including phenoxy) is 2. The topological polar surface area (TPSA) is 120 Å². The summed E-state index contributed by atoms with van der Waals surface area (Å²) in [5.41, 5.74) is 14.5. The normalized spacial score (nSPS) is 11.9. The number of methoxy groups -OCH3 is 1. The molecule has 0 saturated heterocycles. The Morgan fingerprint density at radius 1 is 1.29 bits per heavy atom. The van der Waals surface area contributed by atoms with Gasteiger partial charge in [0.05, 0.1) is 7.11 Å². The molecule has 134 valence electrons. The van der Waals surface area contributed by atoms with Gasteiger partial charge < -0.3 is 20.9 Å². The lowest BCUT2D eigenvalue weighted by atomic mass is 10.1. The third-order valence-electron chi connectivity index (χ3n) is 3.23. The number of rotatable bonds is 10. The van der Waals surface area contributed by atoms with Crippen molar-refractivity contribution in [1.82, 2.24) is 10.4 Å². The van der Waals surface area contributed by atoms with Gasteiger partial charge in [0.2, 0.25) is 5.91 Å². The molecule has 0 fully saturated rings. The van der Waals surface area contributed by atoms with Crippen LogP contribution < -0.4 is 21.6 Å². The van der Waals surface area contributed by atoms with E-state index in [2.05, 4.69) is 5.43 Å². The van der Waals surface area contributed by atoms with Gasteiger partial charge in [0.15, 0.2) is 0 Å². The Labute approximate surface area is 142 Å². The minimum atomic E-state index is -0.445. The van der Waals surface area contributed by atoms with Gasteiger partial charge in [-0.15, -0.1) is 0 Å². The van der Waals surface area contributed by atoms with Crippen LogP contribution in [0.5, 0.6) is 5.75 Å². The molecule has 0 aliphatic carbocycles. The molecule has 8 heteroatoms. The van der Waals surface area contributed by atoms with Crippen LogP contribution in [-0.4, -0.2) is 50.2 Å². The number of nitrogens with zero attached hydrogens (tertiary/aromatic N) is 1. The first-order valence-corrected chi connectivity index (χ1v) is 7.69. The van der Waals surface area contributed by atoms with E-state index in [0.29, 0.717) is 13.0 Å². The van der Waals surface area contributed by atoms with E-state index in [9.17, 15) is 9.59 Å². The number of likely N-dealkylation sites (N-methyl/N-ethyl adjacent to an activating group) is 1. The Morgan fingerprint density at radius 3 is 2.54 bits per heavy atom. The number of nitrogens with two attached hydrogens (primary N) is 2. The van der Waals surface area contributed by atoms with Gasteiger partial charge in [-0.05, 0) is 30.7 Å². The van der Waals surface area contributed by atoms with Crippen molar-refractivity contribution in [2.24, 2.45) is 11.5 Å². The molecule has 0 spiro atoms. The molecular formula is C16H26N4O4. The summed E-state index contributed by atoms with van der Waals surface area (Å²) in [5, 5.41) is 1.37. The first-order valence-electron chi connectivity index (χ1n) is 7.69. The molecule has 24 heavy (non-hydrogen) atoms. The van der Waals surface area contributed by atoms with E-state index in [0.717, 1.165) is 11.3 Å². The van der Waals surface area contributed by atoms with Crippen LogP contribution in [0.2, 0.25) is 0 Å². The summed E-state index contributed by atoms with van der Waals surface area (Å²) < 4.78 is 10.2. The van der Waals surface area contributed by atoms with E-state index >= 15 is 0 Å². The largest absolute Gasteiger partial charge is 0.497 e. The molecule has 1 amide bonds. The van der Waals surface area contributed by atoms with Crippen molar-refractivity contribution in [2.45, 2.75) is 25.5 Å². The van der Waals surface area contributed by atoms with Gasteiger partial charge in [0.1, 0.15) is 18.9 Å². The van der Waals surface area contributed by atoms with Gasteiger partial charge >= 0.3 is 5.97 Å². The number of esters is 1. The van der Waals surface area contributed by atoms with Gasteiger partial charge in [-0.25, -0.2) is 5.01 Å². The fourth-order valence-electron chi connectivity index (χ4n) is 1.98. The lowest BCUT2D eigenvalue weighted by Gasteiger charge is -2.18. The minimum Gasteiger partial charge on any atom is -0.497 e. The second-order valence-electron chi connectivity index (χ2n) is 5.44. The molecule has 1 aromatic carbocycles. The molecule has 0 heterocycles. The monoisotopic (exact) mass is 338 g/mol. The van der Waals surface area contributed by atoms with Crippen LogP contribution in [-0.2, 0) is 20.9 Å². The third kappa shape index (κ3) is 7.91. The van der Waals surface area contributed by atoms with Crippen molar-refractivity contribution in [3.63, 3.8) is 0 Å². The zero-order valence-electron chi connectivity index (χ0n) is 14.2. The zero-order valence-corrected chi connectivity index (χ0v) is 14.2. The quantitative estimate of drug-likeness (QED) is 0.398. The summed E-state index contributed by atoms with van der Waals surface area (Å²) in [6.07, 6.45) is 0.726. The van der Waals surface area contributed by atoms with Crippen LogP contribution >= 0.6 is 0 Å². The fraction of sp³-hybridized carbons (Fsp3) is 0.500. The van der Waals surface area contributed by atoms with E-state index in [4.69, 9.17) is 20.9 Å². The fourth-order valence-corrected chi connectivity index (χ4v) is 1.98. The smallest absolute Gasteiger partial charge is 0.322 e. The number of carbonyl (C=O) groups excluding carboxylic acids is 2. The molecular weight excluding hydrogens is 312 g/mol. The lowest BCUT2D eigenvalue weighted by molar-refractivity contribution is -0.147. The van der Waals surface area contributed by atoms with Crippen molar-refractivity contribution in [3.05, 3.63) is 29.8 Å². The Bertz CT molecular complexity index is 521. The molecule has 0 aliphatic heterocycles. The molecule has 1 aromatic rings. The van der Waals surface area contributed by atoms with Crippen molar-refractivity contribution < 1.29 is 19.1 Å². The van der Waals surface area contributed by atoms with Crippen molar-refractivity contribution >= 4 is 11.9 Å². The highest BCUT2D eigenvalue weighted by Gasteiger charge is 2.13. The maximum atomic E-state index is 11.8. The predicted molar refractivity (Wildman–Crippen MR) is 89.8 cm³/mol. The maximum absolute atomic E-state index is 11.8. The Hall–Kier alpha value is -2.16. The van der Waals surface area contributed by atoms with E-state index in [-0.39, 0.29) is 31.5 Å². The predicted octanol–water partition coefficient (Wildman–Crippen LogP) is -0.232. The summed E-state index contributed by atoms with van der Waals surface area (Å²) in [5.74, 6) is 0.0293.